The molecular weight excluding hydrogens is 220 g/mol. The van der Waals surface area contributed by atoms with Crippen molar-refractivity contribution >= 4 is 0 Å². The van der Waals surface area contributed by atoms with Crippen LogP contribution in [-0.4, -0.2) is 5.11 Å². The molecule has 1 aliphatic rings. The minimum Gasteiger partial charge on any atom is -0.385 e. The van der Waals surface area contributed by atoms with Crippen LogP contribution in [0, 0.1) is 11.8 Å². The molecule has 1 heteroatoms. The molecule has 18 heavy (non-hydrogen) atoms. The summed E-state index contributed by atoms with van der Waals surface area (Å²) in [5.41, 5.74) is 1.93. The highest BCUT2D eigenvalue weighted by atomic mass is 16.3. The number of rotatable bonds is 4. The van der Waals surface area contributed by atoms with Crippen LogP contribution >= 0.6 is 0 Å². The van der Waals surface area contributed by atoms with Gasteiger partial charge in [0.15, 0.2) is 0 Å². The standard InChI is InChI=1S/C17H26O/c1-4-15-9-6-10-17(15,18)16-8-5-7-14(12-16)11-13(2)3/h5,7-8,12-13,15,18H,4,6,9-11H2,1-3H3. The lowest BCUT2D eigenvalue weighted by molar-refractivity contribution is -0.00394. The van der Waals surface area contributed by atoms with Crippen molar-refractivity contribution in [2.75, 3.05) is 0 Å². The zero-order valence-electron chi connectivity index (χ0n) is 11.9. The second-order valence-corrected chi connectivity index (χ2v) is 6.22. The van der Waals surface area contributed by atoms with Crippen LogP contribution < -0.4 is 0 Å². The van der Waals surface area contributed by atoms with Crippen molar-refractivity contribution in [1.29, 1.82) is 0 Å². The second-order valence-electron chi connectivity index (χ2n) is 6.22. The summed E-state index contributed by atoms with van der Waals surface area (Å²) >= 11 is 0. The topological polar surface area (TPSA) is 20.2 Å². The summed E-state index contributed by atoms with van der Waals surface area (Å²) in [4.78, 5) is 0. The van der Waals surface area contributed by atoms with E-state index < -0.39 is 5.60 Å². The van der Waals surface area contributed by atoms with Gasteiger partial charge in [-0.05, 0) is 48.6 Å². The molecule has 0 radical (unpaired) electrons. The van der Waals surface area contributed by atoms with Crippen LogP contribution in [0.5, 0.6) is 0 Å². The van der Waals surface area contributed by atoms with Gasteiger partial charge in [0.2, 0.25) is 0 Å². The molecule has 0 amide bonds. The molecule has 0 aliphatic heterocycles. The molecule has 1 aromatic carbocycles. The molecule has 1 N–H and O–H groups in total. The van der Waals surface area contributed by atoms with Gasteiger partial charge in [0, 0.05) is 0 Å². The van der Waals surface area contributed by atoms with Gasteiger partial charge in [-0.2, -0.15) is 0 Å². The van der Waals surface area contributed by atoms with E-state index in [-0.39, 0.29) is 0 Å². The number of hydrogen-bond acceptors (Lipinski definition) is 1. The summed E-state index contributed by atoms with van der Waals surface area (Å²) < 4.78 is 0. The number of hydrogen-bond donors (Lipinski definition) is 1. The van der Waals surface area contributed by atoms with Crippen LogP contribution in [-0.2, 0) is 12.0 Å². The molecule has 0 bridgehead atoms. The molecule has 1 fully saturated rings. The van der Waals surface area contributed by atoms with Crippen molar-refractivity contribution in [2.45, 2.75) is 58.5 Å². The van der Waals surface area contributed by atoms with Crippen molar-refractivity contribution in [2.24, 2.45) is 11.8 Å². The maximum atomic E-state index is 11.0. The van der Waals surface area contributed by atoms with Crippen molar-refractivity contribution < 1.29 is 5.11 Å². The fourth-order valence-corrected chi connectivity index (χ4v) is 3.42. The van der Waals surface area contributed by atoms with Gasteiger partial charge in [-0.1, -0.05) is 51.5 Å². The van der Waals surface area contributed by atoms with E-state index in [0.717, 1.165) is 31.2 Å². The van der Waals surface area contributed by atoms with E-state index in [1.54, 1.807) is 0 Å². The summed E-state index contributed by atoms with van der Waals surface area (Å²) in [6.07, 6.45) is 5.42. The third kappa shape index (κ3) is 2.61. The van der Waals surface area contributed by atoms with Gasteiger partial charge in [0.1, 0.15) is 0 Å². The Hall–Kier alpha value is -0.820. The smallest absolute Gasteiger partial charge is 0.0924 e. The molecule has 0 spiro atoms. The van der Waals surface area contributed by atoms with Crippen LogP contribution in [0.3, 0.4) is 0 Å². The average molecular weight is 246 g/mol. The van der Waals surface area contributed by atoms with Gasteiger partial charge in [0.05, 0.1) is 5.60 Å². The van der Waals surface area contributed by atoms with Crippen LogP contribution in [0.15, 0.2) is 24.3 Å². The van der Waals surface area contributed by atoms with Crippen molar-refractivity contribution in [3.05, 3.63) is 35.4 Å². The predicted molar refractivity (Wildman–Crippen MR) is 76.5 cm³/mol. The van der Waals surface area contributed by atoms with Gasteiger partial charge in [0.25, 0.3) is 0 Å². The molecule has 2 rings (SSSR count). The average Bonchev–Trinajstić information content (AvgIpc) is 2.71. The minimum atomic E-state index is -0.568. The lowest BCUT2D eigenvalue weighted by atomic mass is 9.81. The Labute approximate surface area is 111 Å². The molecule has 100 valence electrons. The van der Waals surface area contributed by atoms with Gasteiger partial charge >= 0.3 is 0 Å². The van der Waals surface area contributed by atoms with Gasteiger partial charge < -0.3 is 5.11 Å². The Morgan fingerprint density at radius 3 is 2.83 bits per heavy atom. The van der Waals surface area contributed by atoms with Gasteiger partial charge in [-0.3, -0.25) is 0 Å². The molecule has 0 aromatic heterocycles. The molecule has 1 aromatic rings. The van der Waals surface area contributed by atoms with Crippen molar-refractivity contribution in [1.82, 2.24) is 0 Å². The Kier molecular flexibility index (Phi) is 4.11. The summed E-state index contributed by atoms with van der Waals surface area (Å²) in [5, 5.41) is 11.0. The van der Waals surface area contributed by atoms with E-state index in [2.05, 4.69) is 45.0 Å². The third-order valence-electron chi connectivity index (χ3n) is 4.35. The van der Waals surface area contributed by atoms with Crippen LogP contribution in [0.1, 0.15) is 57.6 Å². The van der Waals surface area contributed by atoms with Gasteiger partial charge in [-0.15, -0.1) is 0 Å². The molecule has 1 nitrogen and oxygen atoms in total. The molecule has 0 saturated heterocycles. The molecule has 2 atom stereocenters. The Morgan fingerprint density at radius 2 is 2.17 bits per heavy atom. The lowest BCUT2D eigenvalue weighted by Gasteiger charge is -2.30. The van der Waals surface area contributed by atoms with E-state index in [9.17, 15) is 5.11 Å². The van der Waals surface area contributed by atoms with Crippen LogP contribution in [0.4, 0.5) is 0 Å². The highest BCUT2D eigenvalue weighted by Gasteiger charge is 2.41. The quantitative estimate of drug-likeness (QED) is 0.840. The summed E-state index contributed by atoms with van der Waals surface area (Å²) in [5.74, 6) is 1.10. The molecule has 2 unspecified atom stereocenters. The SMILES string of the molecule is CCC1CCCC1(O)c1cccc(CC(C)C)c1. The molecule has 1 saturated carbocycles. The first-order valence-corrected chi connectivity index (χ1v) is 7.38. The summed E-state index contributed by atoms with van der Waals surface area (Å²) in [6.45, 7) is 6.68. The highest BCUT2D eigenvalue weighted by Crippen LogP contribution is 2.45. The zero-order chi connectivity index (χ0) is 13.2. The fourth-order valence-electron chi connectivity index (χ4n) is 3.42. The summed E-state index contributed by atoms with van der Waals surface area (Å²) in [7, 11) is 0. The highest BCUT2D eigenvalue weighted by molar-refractivity contribution is 5.30. The van der Waals surface area contributed by atoms with Crippen LogP contribution in [0.25, 0.3) is 0 Å². The second kappa shape index (κ2) is 5.44. The molecule has 1 aliphatic carbocycles. The predicted octanol–water partition coefficient (Wildman–Crippen LogP) is 4.28. The Bertz CT molecular complexity index is 396. The normalized spacial score (nSPS) is 27.9. The van der Waals surface area contributed by atoms with Gasteiger partial charge in [-0.25, -0.2) is 0 Å². The molecular formula is C17H26O. The zero-order valence-corrected chi connectivity index (χ0v) is 11.9. The van der Waals surface area contributed by atoms with E-state index in [1.165, 1.54) is 12.0 Å². The van der Waals surface area contributed by atoms with E-state index >= 15 is 0 Å². The van der Waals surface area contributed by atoms with E-state index in [1.807, 2.05) is 0 Å². The van der Waals surface area contributed by atoms with E-state index in [0.29, 0.717) is 11.8 Å². The van der Waals surface area contributed by atoms with Crippen LogP contribution in [0.2, 0.25) is 0 Å². The maximum absolute atomic E-state index is 11.0. The largest absolute Gasteiger partial charge is 0.385 e. The first kappa shape index (κ1) is 13.6. The lowest BCUT2D eigenvalue weighted by Crippen LogP contribution is -2.29. The number of benzene rings is 1. The minimum absolute atomic E-state index is 0.437. The maximum Gasteiger partial charge on any atom is 0.0924 e. The van der Waals surface area contributed by atoms with Crippen molar-refractivity contribution in [3.8, 4) is 0 Å². The summed E-state index contributed by atoms with van der Waals surface area (Å²) in [6, 6.07) is 8.63. The first-order chi connectivity index (χ1) is 8.56. The van der Waals surface area contributed by atoms with Crippen molar-refractivity contribution in [3.63, 3.8) is 0 Å². The first-order valence-electron chi connectivity index (χ1n) is 7.38. The Morgan fingerprint density at radius 1 is 1.39 bits per heavy atom. The molecule has 0 heterocycles. The monoisotopic (exact) mass is 246 g/mol. The Balaban J connectivity index is 2.27. The number of aliphatic hydroxyl groups is 1. The van der Waals surface area contributed by atoms with E-state index in [4.69, 9.17) is 0 Å². The third-order valence-corrected chi connectivity index (χ3v) is 4.35. The fraction of sp³-hybridized carbons (Fsp3) is 0.647.